The summed E-state index contributed by atoms with van der Waals surface area (Å²) < 4.78 is 6.54. The zero-order valence-corrected chi connectivity index (χ0v) is 13.6. The SMILES string of the molecule is O=C(Nc1cccc(I)c1)c1coc(C2CCCNC2)n1. The van der Waals surface area contributed by atoms with Crippen LogP contribution in [0.2, 0.25) is 0 Å². The fourth-order valence-electron chi connectivity index (χ4n) is 2.40. The molecule has 0 aliphatic carbocycles. The minimum Gasteiger partial charge on any atom is -0.448 e. The normalized spacial score (nSPS) is 18.4. The van der Waals surface area contributed by atoms with Crippen LogP contribution in [0.5, 0.6) is 0 Å². The predicted octanol–water partition coefficient (Wildman–Crippen LogP) is 3.00. The predicted molar refractivity (Wildman–Crippen MR) is 88.5 cm³/mol. The number of carbonyl (C=O) groups excluding carboxylic acids is 1. The first-order valence-electron chi connectivity index (χ1n) is 6.95. The number of nitrogens with zero attached hydrogens (tertiary/aromatic N) is 1. The third kappa shape index (κ3) is 3.62. The van der Waals surface area contributed by atoms with E-state index in [1.807, 2.05) is 24.3 Å². The molecule has 3 rings (SSSR count). The number of piperidine rings is 1. The average molecular weight is 397 g/mol. The van der Waals surface area contributed by atoms with Gasteiger partial charge in [0.05, 0.1) is 0 Å². The van der Waals surface area contributed by atoms with Crippen LogP contribution in [-0.2, 0) is 0 Å². The van der Waals surface area contributed by atoms with Gasteiger partial charge in [-0.3, -0.25) is 4.79 Å². The van der Waals surface area contributed by atoms with Gasteiger partial charge >= 0.3 is 0 Å². The molecule has 2 aromatic rings. The van der Waals surface area contributed by atoms with Crippen molar-refractivity contribution in [3.05, 3.63) is 45.7 Å². The topological polar surface area (TPSA) is 67.2 Å². The molecule has 0 spiro atoms. The molecule has 0 bridgehead atoms. The van der Waals surface area contributed by atoms with Gasteiger partial charge in [0.2, 0.25) is 0 Å². The Morgan fingerprint density at radius 3 is 3.14 bits per heavy atom. The van der Waals surface area contributed by atoms with Crippen LogP contribution >= 0.6 is 22.6 Å². The maximum atomic E-state index is 12.2. The van der Waals surface area contributed by atoms with Gasteiger partial charge in [0.25, 0.3) is 5.91 Å². The highest BCUT2D eigenvalue weighted by atomic mass is 127. The Morgan fingerprint density at radius 1 is 1.48 bits per heavy atom. The zero-order valence-electron chi connectivity index (χ0n) is 11.4. The molecule has 0 radical (unpaired) electrons. The number of carbonyl (C=O) groups is 1. The lowest BCUT2D eigenvalue weighted by molar-refractivity contribution is 0.102. The van der Waals surface area contributed by atoms with Gasteiger partial charge in [-0.15, -0.1) is 0 Å². The van der Waals surface area contributed by atoms with Crippen molar-refractivity contribution in [1.82, 2.24) is 10.3 Å². The van der Waals surface area contributed by atoms with E-state index in [0.29, 0.717) is 11.6 Å². The highest BCUT2D eigenvalue weighted by molar-refractivity contribution is 14.1. The van der Waals surface area contributed by atoms with Gasteiger partial charge in [-0.25, -0.2) is 4.98 Å². The second-order valence-electron chi connectivity index (χ2n) is 5.08. The Bertz CT molecular complexity index is 635. The lowest BCUT2D eigenvalue weighted by Crippen LogP contribution is -2.28. The van der Waals surface area contributed by atoms with Gasteiger partial charge in [0, 0.05) is 21.7 Å². The first-order valence-corrected chi connectivity index (χ1v) is 8.03. The third-order valence-corrected chi connectivity index (χ3v) is 4.15. The van der Waals surface area contributed by atoms with Crippen molar-refractivity contribution in [3.8, 4) is 0 Å². The highest BCUT2D eigenvalue weighted by Crippen LogP contribution is 2.22. The van der Waals surface area contributed by atoms with Crippen molar-refractivity contribution in [1.29, 1.82) is 0 Å². The summed E-state index contributed by atoms with van der Waals surface area (Å²) in [4.78, 5) is 16.5. The molecule has 21 heavy (non-hydrogen) atoms. The van der Waals surface area contributed by atoms with Crippen LogP contribution in [-0.4, -0.2) is 24.0 Å². The molecule has 2 heterocycles. The van der Waals surface area contributed by atoms with Gasteiger partial charge in [-0.05, 0) is 60.2 Å². The van der Waals surface area contributed by atoms with Gasteiger partial charge in [-0.2, -0.15) is 0 Å². The lowest BCUT2D eigenvalue weighted by Gasteiger charge is -2.19. The second kappa shape index (κ2) is 6.57. The smallest absolute Gasteiger partial charge is 0.277 e. The molecule has 1 aliphatic rings. The van der Waals surface area contributed by atoms with Crippen molar-refractivity contribution in [2.24, 2.45) is 0 Å². The summed E-state index contributed by atoms with van der Waals surface area (Å²) in [7, 11) is 0. The highest BCUT2D eigenvalue weighted by Gasteiger charge is 2.22. The number of hydrogen-bond donors (Lipinski definition) is 2. The molecule has 1 aromatic heterocycles. The summed E-state index contributed by atoms with van der Waals surface area (Å²) in [6, 6.07) is 7.64. The standard InChI is InChI=1S/C15H16IN3O2/c16-11-4-1-5-12(7-11)18-14(20)13-9-21-15(19-13)10-3-2-6-17-8-10/h1,4-5,7,9-10,17H,2-3,6,8H2,(H,18,20). The number of halogens is 1. The number of amides is 1. The van der Waals surface area contributed by atoms with E-state index in [1.54, 1.807) is 0 Å². The van der Waals surface area contributed by atoms with Gasteiger partial charge in [0.15, 0.2) is 11.6 Å². The number of rotatable bonds is 3. The molecule has 1 unspecified atom stereocenters. The van der Waals surface area contributed by atoms with Crippen molar-refractivity contribution in [2.45, 2.75) is 18.8 Å². The van der Waals surface area contributed by atoms with Gasteiger partial charge < -0.3 is 15.1 Å². The van der Waals surface area contributed by atoms with Crippen LogP contribution < -0.4 is 10.6 Å². The second-order valence-corrected chi connectivity index (χ2v) is 6.32. The van der Waals surface area contributed by atoms with Crippen LogP contribution in [0.4, 0.5) is 5.69 Å². The monoisotopic (exact) mass is 397 g/mol. The molecule has 5 nitrogen and oxygen atoms in total. The summed E-state index contributed by atoms with van der Waals surface area (Å²) >= 11 is 2.21. The first kappa shape index (κ1) is 14.5. The van der Waals surface area contributed by atoms with Crippen LogP contribution in [0.15, 0.2) is 34.9 Å². The maximum Gasteiger partial charge on any atom is 0.277 e. The molecule has 2 N–H and O–H groups in total. The van der Waals surface area contributed by atoms with Crippen LogP contribution in [0, 0.1) is 3.57 Å². The summed E-state index contributed by atoms with van der Waals surface area (Å²) in [6.07, 6.45) is 3.59. The molecule has 110 valence electrons. The largest absolute Gasteiger partial charge is 0.448 e. The quantitative estimate of drug-likeness (QED) is 0.782. The number of oxazole rings is 1. The minimum atomic E-state index is -0.240. The number of hydrogen-bond acceptors (Lipinski definition) is 4. The molecule has 1 aromatic carbocycles. The van der Waals surface area contributed by atoms with E-state index >= 15 is 0 Å². The van der Waals surface area contributed by atoms with Crippen LogP contribution in [0.1, 0.15) is 35.1 Å². The molecular formula is C15H16IN3O2. The van der Waals surface area contributed by atoms with E-state index in [9.17, 15) is 4.79 Å². The zero-order chi connectivity index (χ0) is 14.7. The average Bonchev–Trinajstić information content (AvgIpc) is 2.98. The van der Waals surface area contributed by atoms with Crippen molar-refractivity contribution in [2.75, 3.05) is 18.4 Å². The fourth-order valence-corrected chi connectivity index (χ4v) is 2.95. The van der Waals surface area contributed by atoms with E-state index in [4.69, 9.17) is 4.42 Å². The lowest BCUT2D eigenvalue weighted by atomic mass is 10.00. The van der Waals surface area contributed by atoms with Gasteiger partial charge in [-0.1, -0.05) is 6.07 Å². The van der Waals surface area contributed by atoms with E-state index in [2.05, 4.69) is 38.2 Å². The third-order valence-electron chi connectivity index (χ3n) is 3.48. The minimum absolute atomic E-state index is 0.240. The molecule has 0 saturated carbocycles. The summed E-state index contributed by atoms with van der Waals surface area (Å²) in [5.74, 6) is 0.670. The number of benzene rings is 1. The molecule has 1 aliphatic heterocycles. The Labute approximate surface area is 136 Å². The van der Waals surface area contributed by atoms with E-state index < -0.39 is 0 Å². The Hall–Kier alpha value is -1.41. The Balaban J connectivity index is 1.69. The van der Waals surface area contributed by atoms with Crippen molar-refractivity contribution >= 4 is 34.2 Å². The Morgan fingerprint density at radius 2 is 2.38 bits per heavy atom. The number of nitrogens with one attached hydrogen (secondary N) is 2. The molecular weight excluding hydrogens is 381 g/mol. The van der Waals surface area contributed by atoms with Crippen molar-refractivity contribution < 1.29 is 9.21 Å². The van der Waals surface area contributed by atoms with Gasteiger partial charge in [0.1, 0.15) is 6.26 Å². The fraction of sp³-hybridized carbons (Fsp3) is 0.333. The van der Waals surface area contributed by atoms with Crippen LogP contribution in [0.25, 0.3) is 0 Å². The molecule has 1 saturated heterocycles. The Kier molecular flexibility index (Phi) is 4.54. The summed E-state index contributed by atoms with van der Waals surface area (Å²) in [5, 5.41) is 6.15. The molecule has 6 heteroatoms. The molecule has 1 fully saturated rings. The van der Waals surface area contributed by atoms with Crippen LogP contribution in [0.3, 0.4) is 0 Å². The maximum absolute atomic E-state index is 12.2. The van der Waals surface area contributed by atoms with E-state index in [-0.39, 0.29) is 11.8 Å². The molecule has 1 amide bonds. The first-order chi connectivity index (χ1) is 10.2. The van der Waals surface area contributed by atoms with E-state index in [0.717, 1.165) is 35.2 Å². The van der Waals surface area contributed by atoms with Crippen molar-refractivity contribution in [3.63, 3.8) is 0 Å². The number of aromatic nitrogens is 1. The number of anilines is 1. The van der Waals surface area contributed by atoms with E-state index in [1.165, 1.54) is 6.26 Å². The summed E-state index contributed by atoms with van der Waals surface area (Å²) in [5.41, 5.74) is 1.09. The molecule has 1 atom stereocenters. The summed E-state index contributed by atoms with van der Waals surface area (Å²) in [6.45, 7) is 1.90.